The number of rotatable bonds is 7. The molecule has 196 valence electrons. The molecule has 39 heavy (non-hydrogen) atoms. The Morgan fingerprint density at radius 3 is 2.51 bits per heavy atom. The van der Waals surface area contributed by atoms with Crippen LogP contribution in [0.25, 0.3) is 11.0 Å². The Kier molecular flexibility index (Phi) is 7.19. The molecule has 4 aromatic carbocycles. The molecular weight excluding hydrogens is 490 g/mol. The highest BCUT2D eigenvalue weighted by molar-refractivity contribution is 6.04. The summed E-state index contributed by atoms with van der Waals surface area (Å²) in [6, 6.07) is 32.6. The largest absolute Gasteiger partial charge is 0.392 e. The lowest BCUT2D eigenvalue weighted by atomic mass is 10.00. The van der Waals surface area contributed by atoms with Gasteiger partial charge in [0, 0.05) is 23.2 Å². The van der Waals surface area contributed by atoms with Gasteiger partial charge in [0.15, 0.2) is 6.29 Å². The molecule has 0 aliphatic carbocycles. The molecule has 1 aliphatic heterocycles. The van der Waals surface area contributed by atoms with Crippen molar-refractivity contribution >= 4 is 22.6 Å². The van der Waals surface area contributed by atoms with Crippen LogP contribution in [0.2, 0.25) is 0 Å². The molecule has 6 rings (SSSR count). The summed E-state index contributed by atoms with van der Waals surface area (Å²) in [5, 5.41) is 12.4. The van der Waals surface area contributed by atoms with E-state index in [1.807, 2.05) is 91.3 Å². The SMILES string of the molecule is O=C(Nc1cccc([C@H]2O[C@@H](Cn3cnc4ccccc43)C[C@@H](c3ccc(CO)cc3)O2)c1)c1ccccc1. The molecule has 1 fully saturated rings. The van der Waals surface area contributed by atoms with Gasteiger partial charge in [0.2, 0.25) is 0 Å². The number of amides is 1. The number of hydrogen-bond donors (Lipinski definition) is 2. The maximum atomic E-state index is 12.7. The lowest BCUT2D eigenvalue weighted by molar-refractivity contribution is -0.252. The van der Waals surface area contributed by atoms with Crippen LogP contribution in [0, 0.1) is 0 Å². The van der Waals surface area contributed by atoms with Gasteiger partial charge in [0.1, 0.15) is 0 Å². The van der Waals surface area contributed by atoms with Crippen molar-refractivity contribution in [1.29, 1.82) is 0 Å². The Morgan fingerprint density at radius 2 is 1.69 bits per heavy atom. The zero-order valence-corrected chi connectivity index (χ0v) is 21.3. The number of para-hydroxylation sites is 2. The summed E-state index contributed by atoms with van der Waals surface area (Å²) in [4.78, 5) is 17.3. The number of imidazole rings is 1. The maximum Gasteiger partial charge on any atom is 0.255 e. The number of carbonyl (C=O) groups excluding carboxylic acids is 1. The molecule has 7 heteroatoms. The summed E-state index contributed by atoms with van der Waals surface area (Å²) in [6.07, 6.45) is 1.52. The molecule has 0 unspecified atom stereocenters. The molecule has 1 aromatic heterocycles. The van der Waals surface area contributed by atoms with Gasteiger partial charge in [-0.05, 0) is 47.5 Å². The van der Waals surface area contributed by atoms with Gasteiger partial charge in [-0.3, -0.25) is 4.79 Å². The third kappa shape index (κ3) is 5.61. The normalized spacial score (nSPS) is 19.2. The molecule has 5 aromatic rings. The van der Waals surface area contributed by atoms with Crippen LogP contribution in [0.15, 0.2) is 109 Å². The van der Waals surface area contributed by atoms with Gasteiger partial charge in [0.05, 0.1) is 42.7 Å². The Balaban J connectivity index is 1.27. The molecule has 0 saturated carbocycles. The van der Waals surface area contributed by atoms with Gasteiger partial charge in [-0.1, -0.05) is 66.7 Å². The highest BCUT2D eigenvalue weighted by Gasteiger charge is 2.32. The summed E-state index contributed by atoms with van der Waals surface area (Å²) in [6.45, 7) is 0.616. The van der Waals surface area contributed by atoms with Crippen LogP contribution in [0.4, 0.5) is 5.69 Å². The average Bonchev–Trinajstić information content (AvgIpc) is 3.40. The third-order valence-electron chi connectivity index (χ3n) is 7.00. The smallest absolute Gasteiger partial charge is 0.255 e. The lowest BCUT2D eigenvalue weighted by Gasteiger charge is -2.36. The second-order valence-electron chi connectivity index (χ2n) is 9.68. The van der Waals surface area contributed by atoms with Crippen molar-refractivity contribution in [2.45, 2.75) is 38.1 Å². The van der Waals surface area contributed by atoms with Crippen LogP contribution >= 0.6 is 0 Å². The number of fused-ring (bicyclic) bond motifs is 1. The molecule has 0 bridgehead atoms. The first-order chi connectivity index (χ1) is 19.2. The van der Waals surface area contributed by atoms with E-state index in [0.29, 0.717) is 24.2 Å². The zero-order valence-electron chi connectivity index (χ0n) is 21.3. The standard InChI is InChI=1S/C32H29N3O4/c36-20-22-13-15-23(16-14-22)30-18-27(19-35-21-33-28-11-4-5-12-29(28)35)38-32(39-30)25-9-6-10-26(17-25)34-31(37)24-7-2-1-3-8-24/h1-17,21,27,30,32,36H,18-20H2,(H,34,37)/t27-,30+,32+/m1/s1. The van der Waals surface area contributed by atoms with E-state index in [2.05, 4.69) is 20.9 Å². The van der Waals surface area contributed by atoms with Crippen molar-refractivity contribution in [2.24, 2.45) is 0 Å². The van der Waals surface area contributed by atoms with Gasteiger partial charge >= 0.3 is 0 Å². The van der Waals surface area contributed by atoms with Crippen LogP contribution in [0.3, 0.4) is 0 Å². The van der Waals surface area contributed by atoms with E-state index in [4.69, 9.17) is 9.47 Å². The predicted molar refractivity (Wildman–Crippen MR) is 149 cm³/mol. The van der Waals surface area contributed by atoms with E-state index in [1.54, 1.807) is 12.1 Å². The molecule has 2 heterocycles. The Hall–Kier alpha value is -4.30. The highest BCUT2D eigenvalue weighted by Crippen LogP contribution is 2.39. The molecule has 1 amide bonds. The first kappa shape index (κ1) is 25.0. The number of anilines is 1. The number of carbonyl (C=O) groups is 1. The third-order valence-corrected chi connectivity index (χ3v) is 7.00. The molecular formula is C32H29N3O4. The molecule has 1 aliphatic rings. The first-order valence-corrected chi connectivity index (χ1v) is 13.0. The maximum absolute atomic E-state index is 12.7. The summed E-state index contributed by atoms with van der Waals surface area (Å²) in [5.74, 6) is -0.176. The number of nitrogens with zero attached hydrogens (tertiary/aromatic N) is 2. The second-order valence-corrected chi connectivity index (χ2v) is 9.68. The summed E-state index contributed by atoms with van der Waals surface area (Å²) in [5.41, 5.74) is 5.95. The number of aliphatic hydroxyl groups is 1. The molecule has 0 spiro atoms. The molecule has 7 nitrogen and oxygen atoms in total. The molecule has 2 N–H and O–H groups in total. The number of nitrogens with one attached hydrogen (secondary N) is 1. The van der Waals surface area contributed by atoms with E-state index in [1.165, 1.54) is 0 Å². The summed E-state index contributed by atoms with van der Waals surface area (Å²) < 4.78 is 15.1. The number of ether oxygens (including phenoxy) is 2. The average molecular weight is 520 g/mol. The summed E-state index contributed by atoms with van der Waals surface area (Å²) in [7, 11) is 0. The monoisotopic (exact) mass is 519 g/mol. The minimum atomic E-state index is -0.630. The number of aromatic nitrogens is 2. The lowest BCUT2D eigenvalue weighted by Crippen LogP contribution is -2.32. The number of aliphatic hydroxyl groups excluding tert-OH is 1. The fourth-order valence-corrected chi connectivity index (χ4v) is 4.96. The molecule has 3 atom stereocenters. The number of hydrogen-bond acceptors (Lipinski definition) is 5. The van der Waals surface area contributed by atoms with Crippen molar-refractivity contribution in [3.8, 4) is 0 Å². The second kappa shape index (κ2) is 11.2. The van der Waals surface area contributed by atoms with Gasteiger partial charge in [0.25, 0.3) is 5.91 Å². The zero-order chi connectivity index (χ0) is 26.6. The van der Waals surface area contributed by atoms with Crippen molar-refractivity contribution in [1.82, 2.24) is 9.55 Å². The first-order valence-electron chi connectivity index (χ1n) is 13.0. The van der Waals surface area contributed by atoms with Gasteiger partial charge in [-0.2, -0.15) is 0 Å². The van der Waals surface area contributed by atoms with Crippen LogP contribution < -0.4 is 5.32 Å². The highest BCUT2D eigenvalue weighted by atomic mass is 16.7. The minimum Gasteiger partial charge on any atom is -0.392 e. The van der Waals surface area contributed by atoms with Crippen LogP contribution in [0.1, 0.15) is 45.9 Å². The minimum absolute atomic E-state index is 0.00460. The summed E-state index contributed by atoms with van der Waals surface area (Å²) >= 11 is 0. The van der Waals surface area contributed by atoms with Crippen molar-refractivity contribution < 1.29 is 19.4 Å². The van der Waals surface area contributed by atoms with Gasteiger partial charge in [-0.15, -0.1) is 0 Å². The van der Waals surface area contributed by atoms with Gasteiger partial charge in [-0.25, -0.2) is 4.98 Å². The van der Waals surface area contributed by atoms with Crippen LogP contribution in [-0.4, -0.2) is 26.7 Å². The van der Waals surface area contributed by atoms with E-state index < -0.39 is 6.29 Å². The topological polar surface area (TPSA) is 85.6 Å². The Morgan fingerprint density at radius 1 is 0.897 bits per heavy atom. The van der Waals surface area contributed by atoms with E-state index >= 15 is 0 Å². The van der Waals surface area contributed by atoms with Crippen LogP contribution in [-0.2, 0) is 22.6 Å². The van der Waals surface area contributed by atoms with Crippen LogP contribution in [0.5, 0.6) is 0 Å². The molecule has 1 saturated heterocycles. The Bertz CT molecular complexity index is 1570. The van der Waals surface area contributed by atoms with Crippen molar-refractivity contribution in [2.75, 3.05) is 5.32 Å². The predicted octanol–water partition coefficient (Wildman–Crippen LogP) is 6.03. The van der Waals surface area contributed by atoms with E-state index in [-0.39, 0.29) is 24.7 Å². The van der Waals surface area contributed by atoms with E-state index in [0.717, 1.165) is 27.7 Å². The fourth-order valence-electron chi connectivity index (χ4n) is 4.96. The quantitative estimate of drug-likeness (QED) is 0.274. The van der Waals surface area contributed by atoms with E-state index in [9.17, 15) is 9.90 Å². The van der Waals surface area contributed by atoms with Gasteiger partial charge < -0.3 is 24.5 Å². The number of benzene rings is 4. The molecule has 0 radical (unpaired) electrons. The van der Waals surface area contributed by atoms with Crippen molar-refractivity contribution in [3.05, 3.63) is 132 Å². The fraction of sp³-hybridized carbons (Fsp3) is 0.188. The Labute approximate surface area is 226 Å². The van der Waals surface area contributed by atoms with Crippen molar-refractivity contribution in [3.63, 3.8) is 0 Å².